The molecule has 174 valence electrons. The summed E-state index contributed by atoms with van der Waals surface area (Å²) in [5.41, 5.74) is -5.08. The molecule has 1 aliphatic heterocycles. The smallest absolute Gasteiger partial charge is 0.425 e. The molecule has 1 aromatic carbocycles. The van der Waals surface area contributed by atoms with E-state index in [-0.39, 0.29) is 41.4 Å². The molecule has 0 fully saturated rings. The lowest BCUT2D eigenvalue weighted by Crippen LogP contribution is -2.66. The highest BCUT2D eigenvalue weighted by atomic mass is 35.5. The first kappa shape index (κ1) is 23.1. The Bertz CT molecular complexity index is 1150. The minimum Gasteiger partial charge on any atom is -0.467 e. The lowest BCUT2D eigenvalue weighted by atomic mass is 9.72. The maximum absolute atomic E-state index is 14.7. The van der Waals surface area contributed by atoms with Crippen molar-refractivity contribution in [2.24, 2.45) is 5.41 Å². The van der Waals surface area contributed by atoms with Gasteiger partial charge in [0.2, 0.25) is 5.54 Å². The molecule has 0 unspecified atom stereocenters. The van der Waals surface area contributed by atoms with Crippen molar-refractivity contribution in [2.75, 3.05) is 0 Å². The molecule has 2 amide bonds. The fourth-order valence-corrected chi connectivity index (χ4v) is 4.52. The summed E-state index contributed by atoms with van der Waals surface area (Å²) in [6, 6.07) is 8.22. The van der Waals surface area contributed by atoms with Crippen LogP contribution < -0.4 is 5.32 Å². The summed E-state index contributed by atoms with van der Waals surface area (Å²) in [7, 11) is 0. The highest BCUT2D eigenvalue weighted by Gasteiger charge is 2.71. The fraction of sp³-hybridized carbons (Fsp3) is 0.348. The highest BCUT2D eigenvalue weighted by Crippen LogP contribution is 2.52. The van der Waals surface area contributed by atoms with Gasteiger partial charge in [-0.3, -0.25) is 14.4 Å². The average Bonchev–Trinajstić information content (AvgIpc) is 3.29. The largest absolute Gasteiger partial charge is 0.467 e. The van der Waals surface area contributed by atoms with Crippen molar-refractivity contribution in [3.63, 3.8) is 0 Å². The van der Waals surface area contributed by atoms with Gasteiger partial charge in [0.15, 0.2) is 5.78 Å². The van der Waals surface area contributed by atoms with Gasteiger partial charge in [0.1, 0.15) is 5.76 Å². The molecule has 1 aliphatic carbocycles. The van der Waals surface area contributed by atoms with E-state index < -0.39 is 40.3 Å². The van der Waals surface area contributed by atoms with Gasteiger partial charge in [0.05, 0.1) is 18.4 Å². The van der Waals surface area contributed by atoms with Crippen LogP contribution in [0.2, 0.25) is 5.02 Å². The van der Waals surface area contributed by atoms with Crippen molar-refractivity contribution in [3.8, 4) is 0 Å². The number of rotatable bonds is 4. The van der Waals surface area contributed by atoms with Crippen LogP contribution in [0.15, 0.2) is 58.3 Å². The van der Waals surface area contributed by atoms with E-state index in [1.54, 1.807) is 19.9 Å². The van der Waals surface area contributed by atoms with E-state index in [4.69, 9.17) is 16.0 Å². The summed E-state index contributed by atoms with van der Waals surface area (Å²) in [5.74, 6) is -3.18. The summed E-state index contributed by atoms with van der Waals surface area (Å²) >= 11 is 5.80. The number of nitrogens with one attached hydrogen (secondary N) is 1. The number of furan rings is 1. The number of Topliss-reactive ketones (excluding diaryl/α,β-unsaturated/α-hetero) is 1. The molecule has 1 N–H and O–H groups in total. The Morgan fingerprint density at radius 1 is 1.15 bits per heavy atom. The predicted molar refractivity (Wildman–Crippen MR) is 112 cm³/mol. The Morgan fingerprint density at radius 3 is 2.39 bits per heavy atom. The number of carbonyl (C=O) groups is 3. The van der Waals surface area contributed by atoms with Gasteiger partial charge < -0.3 is 14.6 Å². The molecule has 33 heavy (non-hydrogen) atoms. The van der Waals surface area contributed by atoms with E-state index in [1.807, 2.05) is 5.32 Å². The second-order valence-electron chi connectivity index (χ2n) is 8.94. The van der Waals surface area contributed by atoms with Crippen LogP contribution in [0, 0.1) is 5.41 Å². The van der Waals surface area contributed by atoms with Crippen LogP contribution in [-0.4, -0.2) is 34.2 Å². The van der Waals surface area contributed by atoms with Gasteiger partial charge in [-0.1, -0.05) is 25.4 Å². The van der Waals surface area contributed by atoms with Crippen molar-refractivity contribution >= 4 is 29.2 Å². The molecule has 0 saturated carbocycles. The predicted octanol–water partition coefficient (Wildman–Crippen LogP) is 4.65. The standard InChI is InChI=1S/C23H20ClF3N2O4/c1-21(2)10-16-18(17(30)11-21)22(23(25,26)27,20(32)29(16)12-15-4-3-9-33-15)28-19(31)13-5-7-14(24)8-6-13/h3-9H,10-12H2,1-2H3,(H,28,31)/t22-/m1/s1. The second kappa shape index (κ2) is 7.76. The van der Waals surface area contributed by atoms with Crippen molar-refractivity contribution in [1.29, 1.82) is 0 Å². The molecule has 2 aromatic rings. The van der Waals surface area contributed by atoms with Gasteiger partial charge in [-0.25, -0.2) is 0 Å². The first-order chi connectivity index (χ1) is 15.4. The maximum Gasteiger partial charge on any atom is 0.425 e. The van der Waals surface area contributed by atoms with E-state index in [1.165, 1.54) is 36.6 Å². The van der Waals surface area contributed by atoms with Gasteiger partial charge in [0.25, 0.3) is 11.8 Å². The van der Waals surface area contributed by atoms with Crippen molar-refractivity contribution in [1.82, 2.24) is 10.2 Å². The Hall–Kier alpha value is -3.07. The van der Waals surface area contributed by atoms with E-state index in [2.05, 4.69) is 0 Å². The molecule has 4 rings (SSSR count). The molecule has 0 spiro atoms. The Morgan fingerprint density at radius 2 is 1.82 bits per heavy atom. The second-order valence-corrected chi connectivity index (χ2v) is 9.38. The van der Waals surface area contributed by atoms with Crippen molar-refractivity contribution < 1.29 is 32.0 Å². The Labute approximate surface area is 192 Å². The lowest BCUT2D eigenvalue weighted by Gasteiger charge is -2.35. The number of ketones is 1. The SMILES string of the molecule is CC1(C)CC(=O)C2=C(C1)N(Cc1ccco1)C(=O)[C@@]2(NC(=O)c1ccc(Cl)cc1)C(F)(F)F. The summed E-state index contributed by atoms with van der Waals surface area (Å²) in [6.07, 6.45) is -4.08. The number of nitrogens with zero attached hydrogens (tertiary/aromatic N) is 1. The monoisotopic (exact) mass is 480 g/mol. The Kier molecular flexibility index (Phi) is 5.43. The number of amides is 2. The third-order valence-corrected chi connectivity index (χ3v) is 6.10. The molecule has 2 aliphatic rings. The molecule has 2 heterocycles. The van der Waals surface area contributed by atoms with Crippen LogP contribution >= 0.6 is 11.6 Å². The number of hydrogen-bond acceptors (Lipinski definition) is 4. The fourth-order valence-electron chi connectivity index (χ4n) is 4.40. The molecule has 10 heteroatoms. The number of hydrogen-bond donors (Lipinski definition) is 1. The van der Waals surface area contributed by atoms with Crippen LogP contribution in [-0.2, 0) is 16.1 Å². The zero-order chi connectivity index (χ0) is 24.2. The van der Waals surface area contributed by atoms with Gasteiger partial charge in [-0.05, 0) is 48.2 Å². The third-order valence-electron chi connectivity index (χ3n) is 5.85. The van der Waals surface area contributed by atoms with Gasteiger partial charge in [0, 0.05) is 22.7 Å². The first-order valence-corrected chi connectivity index (χ1v) is 10.5. The molecule has 1 atom stereocenters. The summed E-state index contributed by atoms with van der Waals surface area (Å²) in [5, 5.41) is 2.16. The Balaban J connectivity index is 1.86. The van der Waals surface area contributed by atoms with E-state index >= 15 is 0 Å². The molecule has 1 aromatic heterocycles. The van der Waals surface area contributed by atoms with Gasteiger partial charge >= 0.3 is 6.18 Å². The van der Waals surface area contributed by atoms with E-state index in [0.717, 1.165) is 4.90 Å². The van der Waals surface area contributed by atoms with Crippen molar-refractivity contribution in [3.05, 3.63) is 70.3 Å². The molecule has 0 saturated heterocycles. The van der Waals surface area contributed by atoms with Crippen LogP contribution in [0.3, 0.4) is 0 Å². The number of carbonyl (C=O) groups excluding carboxylic acids is 3. The van der Waals surface area contributed by atoms with Crippen LogP contribution in [0.4, 0.5) is 13.2 Å². The molecule has 0 radical (unpaired) electrons. The molecule has 0 bridgehead atoms. The number of allylic oxidation sites excluding steroid dienone is 1. The zero-order valence-electron chi connectivity index (χ0n) is 17.8. The summed E-state index contributed by atoms with van der Waals surface area (Å²) in [6.45, 7) is 3.18. The van der Waals surface area contributed by atoms with Gasteiger partial charge in [-0.2, -0.15) is 13.2 Å². The van der Waals surface area contributed by atoms with Crippen LogP contribution in [0.25, 0.3) is 0 Å². The molecular formula is C23H20ClF3N2O4. The topological polar surface area (TPSA) is 79.6 Å². The minimum atomic E-state index is -5.28. The van der Waals surface area contributed by atoms with Crippen molar-refractivity contribution in [2.45, 2.75) is 44.9 Å². The van der Waals surface area contributed by atoms with Crippen LogP contribution in [0.1, 0.15) is 42.8 Å². The molecular weight excluding hydrogens is 461 g/mol. The number of halogens is 4. The maximum atomic E-state index is 14.7. The normalized spacial score (nSPS) is 22.5. The first-order valence-electron chi connectivity index (χ1n) is 10.1. The average molecular weight is 481 g/mol. The summed E-state index contributed by atoms with van der Waals surface area (Å²) in [4.78, 5) is 40.3. The van der Waals surface area contributed by atoms with Crippen LogP contribution in [0.5, 0.6) is 0 Å². The minimum absolute atomic E-state index is 0.0496. The third kappa shape index (κ3) is 3.84. The molecule has 6 nitrogen and oxygen atoms in total. The van der Waals surface area contributed by atoms with Gasteiger partial charge in [-0.15, -0.1) is 0 Å². The number of benzene rings is 1. The lowest BCUT2D eigenvalue weighted by molar-refractivity contribution is -0.191. The highest BCUT2D eigenvalue weighted by molar-refractivity contribution is 6.30. The van der Waals surface area contributed by atoms with E-state index in [9.17, 15) is 27.6 Å². The summed E-state index contributed by atoms with van der Waals surface area (Å²) < 4.78 is 49.3. The zero-order valence-corrected chi connectivity index (χ0v) is 18.5. The number of alkyl halides is 3. The quantitative estimate of drug-likeness (QED) is 0.691. The van der Waals surface area contributed by atoms with E-state index in [0.29, 0.717) is 0 Å².